The summed E-state index contributed by atoms with van der Waals surface area (Å²) >= 11 is 3.46. The number of rotatable bonds is 7. The van der Waals surface area contributed by atoms with E-state index in [1.807, 2.05) is 18.2 Å². The highest BCUT2D eigenvalue weighted by molar-refractivity contribution is 9.10. The third-order valence-electron chi connectivity index (χ3n) is 2.75. The van der Waals surface area contributed by atoms with Crippen molar-refractivity contribution in [2.45, 2.75) is 52.1 Å². The molecule has 0 aliphatic rings. The Kier molecular flexibility index (Phi) is 6.41. The second kappa shape index (κ2) is 7.59. The summed E-state index contributed by atoms with van der Waals surface area (Å²) in [5, 5.41) is 0. The van der Waals surface area contributed by atoms with Crippen molar-refractivity contribution in [3.63, 3.8) is 0 Å². The number of nitrogens with two attached hydrogens (primary N) is 1. The Balaban J connectivity index is 2.37. The molecule has 0 heterocycles. The van der Waals surface area contributed by atoms with E-state index >= 15 is 0 Å². The molecule has 2 nitrogen and oxygen atoms in total. The molecule has 0 saturated carbocycles. The molecule has 1 rings (SSSR count). The van der Waals surface area contributed by atoms with Gasteiger partial charge in [0.25, 0.3) is 0 Å². The van der Waals surface area contributed by atoms with Crippen LogP contribution in [0.2, 0.25) is 0 Å². The van der Waals surface area contributed by atoms with Gasteiger partial charge in [-0.3, -0.25) is 0 Å². The minimum Gasteiger partial charge on any atom is -0.490 e. The summed E-state index contributed by atoms with van der Waals surface area (Å²) in [6, 6.07) is 5.66. The van der Waals surface area contributed by atoms with Crippen molar-refractivity contribution in [1.82, 2.24) is 0 Å². The van der Waals surface area contributed by atoms with Gasteiger partial charge in [-0.15, -0.1) is 0 Å². The van der Waals surface area contributed by atoms with Crippen LogP contribution in [0.15, 0.2) is 22.7 Å². The molecule has 17 heavy (non-hydrogen) atoms. The molecule has 0 spiro atoms. The first kappa shape index (κ1) is 14.4. The van der Waals surface area contributed by atoms with Crippen LogP contribution in [0.4, 0.5) is 5.69 Å². The number of benzene rings is 1. The van der Waals surface area contributed by atoms with Crippen LogP contribution in [-0.2, 0) is 0 Å². The summed E-state index contributed by atoms with van der Waals surface area (Å²) < 4.78 is 6.81. The molecule has 0 aromatic heterocycles. The van der Waals surface area contributed by atoms with E-state index in [9.17, 15) is 0 Å². The lowest BCUT2D eigenvalue weighted by Crippen LogP contribution is -2.11. The van der Waals surface area contributed by atoms with E-state index < -0.39 is 0 Å². The second-order valence-electron chi connectivity index (χ2n) is 4.47. The number of nitrogen functional groups attached to an aromatic ring is 1. The van der Waals surface area contributed by atoms with Gasteiger partial charge in [-0.25, -0.2) is 0 Å². The lowest BCUT2D eigenvalue weighted by Gasteiger charge is -2.16. The van der Waals surface area contributed by atoms with Crippen LogP contribution in [0.5, 0.6) is 5.75 Å². The molecule has 1 aromatic rings. The minimum atomic E-state index is 0.256. The first-order chi connectivity index (χ1) is 8.13. The largest absolute Gasteiger partial charge is 0.490 e. The molecular formula is C14H22BrNO. The van der Waals surface area contributed by atoms with Gasteiger partial charge >= 0.3 is 0 Å². The Hall–Kier alpha value is -0.700. The predicted molar refractivity (Wildman–Crippen MR) is 77.4 cm³/mol. The normalized spacial score (nSPS) is 12.4. The van der Waals surface area contributed by atoms with Crippen molar-refractivity contribution in [3.8, 4) is 5.75 Å². The number of unbranched alkanes of at least 4 members (excludes halogenated alkanes) is 3. The van der Waals surface area contributed by atoms with E-state index in [1.54, 1.807) is 0 Å². The van der Waals surface area contributed by atoms with E-state index in [2.05, 4.69) is 29.8 Å². The summed E-state index contributed by atoms with van der Waals surface area (Å²) in [5.74, 6) is 0.877. The van der Waals surface area contributed by atoms with Crippen molar-refractivity contribution in [2.75, 3.05) is 5.73 Å². The molecule has 0 fully saturated rings. The topological polar surface area (TPSA) is 35.2 Å². The van der Waals surface area contributed by atoms with Crippen molar-refractivity contribution in [3.05, 3.63) is 22.7 Å². The van der Waals surface area contributed by atoms with Gasteiger partial charge in [0.05, 0.1) is 10.6 Å². The van der Waals surface area contributed by atoms with E-state index in [-0.39, 0.29) is 6.10 Å². The zero-order chi connectivity index (χ0) is 12.7. The van der Waals surface area contributed by atoms with Crippen molar-refractivity contribution >= 4 is 21.6 Å². The van der Waals surface area contributed by atoms with E-state index in [1.165, 1.54) is 25.7 Å². The first-order valence-corrected chi connectivity index (χ1v) is 7.14. The third-order valence-corrected chi connectivity index (χ3v) is 3.37. The Morgan fingerprint density at radius 1 is 1.29 bits per heavy atom. The maximum Gasteiger partial charge on any atom is 0.134 e. The highest BCUT2D eigenvalue weighted by Gasteiger charge is 2.07. The van der Waals surface area contributed by atoms with E-state index in [0.717, 1.165) is 22.3 Å². The van der Waals surface area contributed by atoms with Crippen LogP contribution < -0.4 is 10.5 Å². The summed E-state index contributed by atoms with van der Waals surface area (Å²) in [5.41, 5.74) is 6.44. The van der Waals surface area contributed by atoms with Gasteiger partial charge < -0.3 is 10.5 Å². The Labute approximate surface area is 113 Å². The average molecular weight is 300 g/mol. The standard InChI is InChI=1S/C14H22BrNO/c1-3-4-5-6-7-11(2)17-14-9-8-12(16)10-13(14)15/h8-11H,3-7,16H2,1-2H3. The van der Waals surface area contributed by atoms with E-state index in [4.69, 9.17) is 10.5 Å². The molecule has 0 radical (unpaired) electrons. The monoisotopic (exact) mass is 299 g/mol. The molecule has 0 amide bonds. The van der Waals surface area contributed by atoms with Crippen LogP contribution in [0.1, 0.15) is 46.0 Å². The molecule has 3 heteroatoms. The summed E-state index contributed by atoms with van der Waals surface area (Å²) in [6.45, 7) is 4.35. The van der Waals surface area contributed by atoms with Crippen molar-refractivity contribution < 1.29 is 4.74 Å². The summed E-state index contributed by atoms with van der Waals surface area (Å²) in [4.78, 5) is 0. The summed E-state index contributed by atoms with van der Waals surface area (Å²) in [6.07, 6.45) is 6.49. The fourth-order valence-corrected chi connectivity index (χ4v) is 2.24. The molecular weight excluding hydrogens is 278 g/mol. The zero-order valence-corrected chi connectivity index (χ0v) is 12.3. The van der Waals surface area contributed by atoms with Gasteiger partial charge in [-0.05, 0) is 53.9 Å². The molecule has 0 aliphatic carbocycles. The number of hydrogen-bond donors (Lipinski definition) is 1. The number of ether oxygens (including phenoxy) is 1. The van der Waals surface area contributed by atoms with Gasteiger partial charge in [0.2, 0.25) is 0 Å². The third kappa shape index (κ3) is 5.44. The van der Waals surface area contributed by atoms with Crippen molar-refractivity contribution in [2.24, 2.45) is 0 Å². The van der Waals surface area contributed by atoms with Crippen LogP contribution in [0.25, 0.3) is 0 Å². The Morgan fingerprint density at radius 2 is 2.06 bits per heavy atom. The quantitative estimate of drug-likeness (QED) is 0.581. The SMILES string of the molecule is CCCCCCC(C)Oc1ccc(N)cc1Br. The highest BCUT2D eigenvalue weighted by Crippen LogP contribution is 2.28. The minimum absolute atomic E-state index is 0.256. The smallest absolute Gasteiger partial charge is 0.134 e. The van der Waals surface area contributed by atoms with Gasteiger partial charge in [0.1, 0.15) is 5.75 Å². The second-order valence-corrected chi connectivity index (χ2v) is 5.32. The number of halogens is 1. The maximum absolute atomic E-state index is 5.88. The van der Waals surface area contributed by atoms with Crippen LogP contribution in [0, 0.1) is 0 Å². The molecule has 2 N–H and O–H groups in total. The lowest BCUT2D eigenvalue weighted by atomic mass is 10.1. The highest BCUT2D eigenvalue weighted by atomic mass is 79.9. The number of hydrogen-bond acceptors (Lipinski definition) is 2. The van der Waals surface area contributed by atoms with E-state index in [0.29, 0.717) is 0 Å². The Bertz CT molecular complexity index is 341. The summed E-state index contributed by atoms with van der Waals surface area (Å²) in [7, 11) is 0. The molecule has 1 atom stereocenters. The van der Waals surface area contributed by atoms with Crippen LogP contribution in [-0.4, -0.2) is 6.10 Å². The maximum atomic E-state index is 5.88. The number of anilines is 1. The molecule has 0 bridgehead atoms. The predicted octanol–water partition coefficient (Wildman–Crippen LogP) is 4.77. The van der Waals surface area contributed by atoms with Gasteiger partial charge in [-0.2, -0.15) is 0 Å². The molecule has 96 valence electrons. The fourth-order valence-electron chi connectivity index (χ4n) is 1.75. The average Bonchev–Trinajstić information content (AvgIpc) is 2.28. The lowest BCUT2D eigenvalue weighted by molar-refractivity contribution is 0.205. The van der Waals surface area contributed by atoms with Crippen LogP contribution in [0.3, 0.4) is 0 Å². The molecule has 0 saturated heterocycles. The fraction of sp³-hybridized carbons (Fsp3) is 0.571. The molecule has 1 aromatic carbocycles. The Morgan fingerprint density at radius 3 is 2.71 bits per heavy atom. The zero-order valence-electron chi connectivity index (χ0n) is 10.7. The van der Waals surface area contributed by atoms with Gasteiger partial charge in [0, 0.05) is 5.69 Å². The van der Waals surface area contributed by atoms with Gasteiger partial charge in [0.15, 0.2) is 0 Å². The molecule has 1 unspecified atom stereocenters. The van der Waals surface area contributed by atoms with Crippen LogP contribution >= 0.6 is 15.9 Å². The first-order valence-electron chi connectivity index (χ1n) is 6.35. The molecule has 0 aliphatic heterocycles. The van der Waals surface area contributed by atoms with Crippen molar-refractivity contribution in [1.29, 1.82) is 0 Å². The van der Waals surface area contributed by atoms with Gasteiger partial charge in [-0.1, -0.05) is 26.2 Å².